The number of hydrogen-bond acceptors (Lipinski definition) is 7. The maximum Gasteiger partial charge on any atom is 0.308 e. The van der Waals surface area contributed by atoms with Crippen LogP contribution in [0.15, 0.2) is 24.4 Å². The Bertz CT molecular complexity index is 1460. The van der Waals surface area contributed by atoms with Crippen LogP contribution < -0.4 is 5.32 Å². The van der Waals surface area contributed by atoms with E-state index < -0.39 is 23.7 Å². The van der Waals surface area contributed by atoms with Gasteiger partial charge in [0.2, 0.25) is 5.00 Å². The number of carboxylic acids is 1. The Kier molecular flexibility index (Phi) is 5.69. The number of carbonyl (C=O) groups is 1. The van der Waals surface area contributed by atoms with Gasteiger partial charge in [-0.25, -0.2) is 24.2 Å². The summed E-state index contributed by atoms with van der Waals surface area (Å²) in [6, 6.07) is 2.85. The molecule has 4 aliphatic carbocycles. The minimum Gasteiger partial charge on any atom is -0.481 e. The molecule has 2 N–H and O–H groups in total. The Morgan fingerprint density at radius 1 is 1.17 bits per heavy atom. The summed E-state index contributed by atoms with van der Waals surface area (Å²) in [5.41, 5.74) is 1.91. The predicted octanol–water partition coefficient (Wildman–Crippen LogP) is 5.63. The number of aromatic nitrogens is 4. The first-order valence-corrected chi connectivity index (χ1v) is 12.9. The van der Waals surface area contributed by atoms with Gasteiger partial charge in [0.1, 0.15) is 10.8 Å². The molecular weight excluding hydrogens is 503 g/mol. The molecule has 0 aromatic carbocycles. The maximum absolute atomic E-state index is 15.9. The molecule has 0 radical (unpaired) electrons. The Labute approximate surface area is 215 Å². The Hall–Kier alpha value is -3.42. The second-order valence-corrected chi connectivity index (χ2v) is 10.8. The zero-order valence-electron chi connectivity index (χ0n) is 18.9. The molecule has 2 atom stereocenters. The molecule has 0 spiro atoms. The Balaban J connectivity index is 1.47. The van der Waals surface area contributed by atoms with E-state index >= 15 is 4.39 Å². The van der Waals surface area contributed by atoms with Crippen molar-refractivity contribution in [3.8, 4) is 10.6 Å². The summed E-state index contributed by atoms with van der Waals surface area (Å²) in [6.45, 7) is 7.28. The first-order chi connectivity index (χ1) is 17.4. The summed E-state index contributed by atoms with van der Waals surface area (Å²) in [7, 11) is 0. The smallest absolute Gasteiger partial charge is 0.308 e. The highest BCUT2D eigenvalue weighted by Crippen LogP contribution is 2.47. The first kappa shape index (κ1) is 23.0. The van der Waals surface area contributed by atoms with Gasteiger partial charge in [-0.05, 0) is 43.6 Å². The van der Waals surface area contributed by atoms with Gasteiger partial charge in [0, 0.05) is 22.9 Å². The van der Waals surface area contributed by atoms with Crippen molar-refractivity contribution in [2.75, 3.05) is 5.32 Å². The van der Waals surface area contributed by atoms with Crippen LogP contribution in [-0.2, 0) is 11.2 Å². The van der Waals surface area contributed by atoms with E-state index in [1.165, 1.54) is 6.20 Å². The third kappa shape index (κ3) is 3.83. The lowest BCUT2D eigenvalue weighted by Gasteiger charge is -2.47. The van der Waals surface area contributed by atoms with Crippen LogP contribution >= 0.6 is 22.9 Å². The molecule has 4 aliphatic rings. The van der Waals surface area contributed by atoms with E-state index in [0.717, 1.165) is 42.7 Å². The van der Waals surface area contributed by atoms with Crippen molar-refractivity contribution in [3.63, 3.8) is 0 Å². The summed E-state index contributed by atoms with van der Waals surface area (Å²) in [5.74, 6) is -1.74. The minimum absolute atomic E-state index is 0.0408. The predicted molar refractivity (Wildman–Crippen MR) is 133 cm³/mol. The number of aliphatic carboxylic acids is 1. The fraction of sp³-hybridized carbons (Fsp3) is 0.360. The van der Waals surface area contributed by atoms with Crippen LogP contribution in [0.25, 0.3) is 21.0 Å². The molecule has 7 rings (SSSR count). The second-order valence-electron chi connectivity index (χ2n) is 9.33. The normalized spacial score (nSPS) is 24.2. The van der Waals surface area contributed by atoms with Crippen LogP contribution in [0, 0.1) is 30.1 Å². The molecule has 3 fully saturated rings. The first-order valence-electron chi connectivity index (χ1n) is 11.7. The summed E-state index contributed by atoms with van der Waals surface area (Å²) < 4.78 is 15.9. The van der Waals surface area contributed by atoms with Gasteiger partial charge in [-0.15, -0.1) is 0 Å². The quantitative estimate of drug-likeness (QED) is 0.418. The summed E-state index contributed by atoms with van der Waals surface area (Å²) in [6.07, 6.45) is 7.43. The van der Waals surface area contributed by atoms with Crippen molar-refractivity contribution in [2.24, 2.45) is 17.8 Å². The molecule has 2 bridgehead atoms. The fourth-order valence-corrected chi connectivity index (χ4v) is 6.67. The van der Waals surface area contributed by atoms with Crippen molar-refractivity contribution in [2.45, 2.75) is 38.1 Å². The van der Waals surface area contributed by atoms with E-state index in [0.29, 0.717) is 27.6 Å². The number of carboxylic acid groups (broad SMARTS) is 1. The van der Waals surface area contributed by atoms with Crippen LogP contribution in [0.5, 0.6) is 0 Å². The van der Waals surface area contributed by atoms with Crippen molar-refractivity contribution in [1.82, 2.24) is 19.9 Å². The molecule has 3 aromatic heterocycles. The Morgan fingerprint density at radius 2 is 1.94 bits per heavy atom. The average molecular weight is 523 g/mol. The maximum atomic E-state index is 15.9. The van der Waals surface area contributed by atoms with Gasteiger partial charge in [-0.3, -0.25) is 9.78 Å². The third-order valence-electron chi connectivity index (χ3n) is 7.41. The van der Waals surface area contributed by atoms with Gasteiger partial charge in [-0.2, -0.15) is 11.3 Å². The van der Waals surface area contributed by atoms with E-state index in [4.69, 9.17) is 18.2 Å². The van der Waals surface area contributed by atoms with Gasteiger partial charge in [0.05, 0.1) is 30.1 Å². The number of thiophene rings is 1. The molecule has 0 unspecified atom stereocenters. The lowest BCUT2D eigenvalue weighted by atomic mass is 9.61. The number of hydrogen-bond donors (Lipinski definition) is 2. The molecule has 8 nitrogen and oxygen atoms in total. The third-order valence-corrected chi connectivity index (χ3v) is 8.58. The number of fused-ring (bicyclic) bond motifs is 4. The fourth-order valence-electron chi connectivity index (χ4n) is 5.76. The van der Waals surface area contributed by atoms with Crippen molar-refractivity contribution < 1.29 is 14.3 Å². The van der Waals surface area contributed by atoms with Crippen LogP contribution in [0.1, 0.15) is 42.9 Å². The van der Waals surface area contributed by atoms with E-state index in [1.54, 1.807) is 12.1 Å². The minimum atomic E-state index is -0.867. The lowest BCUT2D eigenvalue weighted by Crippen LogP contribution is -2.51. The lowest BCUT2D eigenvalue weighted by molar-refractivity contribution is -0.148. The SMILES string of the molecule is [C-]#[N+]c1ccc(-c2nc(C3=CCc4ncc(Cl)nc43)nc(N[C@H]3C4CCC(CC4)[C@@H]3C(=O)O)c2F)s1. The summed E-state index contributed by atoms with van der Waals surface area (Å²) in [4.78, 5) is 33.9. The van der Waals surface area contributed by atoms with E-state index in [-0.39, 0.29) is 34.3 Å². The monoisotopic (exact) mass is 522 g/mol. The number of nitrogens with zero attached hydrogens (tertiary/aromatic N) is 5. The van der Waals surface area contributed by atoms with Crippen LogP contribution in [0.3, 0.4) is 0 Å². The molecule has 36 heavy (non-hydrogen) atoms. The molecule has 3 heterocycles. The van der Waals surface area contributed by atoms with Crippen molar-refractivity contribution >= 4 is 45.3 Å². The zero-order chi connectivity index (χ0) is 25.0. The number of halogens is 2. The second kappa shape index (κ2) is 8.91. The molecule has 182 valence electrons. The van der Waals surface area contributed by atoms with Gasteiger partial charge in [0.25, 0.3) is 0 Å². The molecule has 0 saturated heterocycles. The van der Waals surface area contributed by atoms with Crippen LogP contribution in [-0.4, -0.2) is 37.1 Å². The molecule has 0 aliphatic heterocycles. The van der Waals surface area contributed by atoms with Gasteiger partial charge in [-0.1, -0.05) is 23.7 Å². The van der Waals surface area contributed by atoms with Gasteiger partial charge >= 0.3 is 5.97 Å². The standard InChI is InChI=1S/C25H20ClFN6O2S/c1-28-17-9-8-15(36-17)22-19(27)24(31-20-12-4-2-11(3-5-12)18(20)25(34)35)33-23(32-22)13-6-7-14-21(13)30-16(26)10-29-14/h6,8-12,18,20H,2-5,7H2,(H,34,35)(H,31,32,33)/t11?,12?,18-,20-/m0/s1. The number of anilines is 1. The van der Waals surface area contributed by atoms with E-state index in [9.17, 15) is 9.90 Å². The topological polar surface area (TPSA) is 105 Å². The number of rotatable bonds is 5. The highest BCUT2D eigenvalue weighted by molar-refractivity contribution is 7.19. The molecular formula is C25H20ClFN6O2S. The van der Waals surface area contributed by atoms with Crippen molar-refractivity contribution in [1.29, 1.82) is 0 Å². The highest BCUT2D eigenvalue weighted by Gasteiger charge is 2.47. The molecule has 11 heteroatoms. The number of allylic oxidation sites excluding steroid dienone is 1. The number of nitrogens with one attached hydrogen (secondary N) is 1. The Morgan fingerprint density at radius 3 is 2.67 bits per heavy atom. The van der Waals surface area contributed by atoms with Gasteiger partial charge < -0.3 is 10.4 Å². The molecule has 0 amide bonds. The zero-order valence-corrected chi connectivity index (χ0v) is 20.5. The van der Waals surface area contributed by atoms with E-state index in [2.05, 4.69) is 30.1 Å². The largest absolute Gasteiger partial charge is 0.481 e. The summed E-state index contributed by atoms with van der Waals surface area (Å²) >= 11 is 7.23. The van der Waals surface area contributed by atoms with Crippen LogP contribution in [0.2, 0.25) is 5.15 Å². The average Bonchev–Trinajstić information content (AvgIpc) is 3.53. The summed E-state index contributed by atoms with van der Waals surface area (Å²) in [5, 5.41) is 13.8. The van der Waals surface area contributed by atoms with Gasteiger partial charge in [0.15, 0.2) is 17.5 Å². The molecule has 3 saturated carbocycles. The molecule has 3 aromatic rings. The highest BCUT2D eigenvalue weighted by atomic mass is 35.5. The van der Waals surface area contributed by atoms with Crippen molar-refractivity contribution in [3.05, 3.63) is 64.0 Å². The van der Waals surface area contributed by atoms with Crippen LogP contribution in [0.4, 0.5) is 15.2 Å². The van der Waals surface area contributed by atoms with E-state index in [1.807, 2.05) is 6.08 Å².